The van der Waals surface area contributed by atoms with Crippen LogP contribution in [0.5, 0.6) is 0 Å². The van der Waals surface area contributed by atoms with E-state index in [0.29, 0.717) is 6.54 Å². The summed E-state index contributed by atoms with van der Waals surface area (Å²) in [5, 5.41) is 2.67. The predicted molar refractivity (Wildman–Crippen MR) is 95.7 cm³/mol. The van der Waals surface area contributed by atoms with Gasteiger partial charge in [-0.3, -0.25) is 4.90 Å². The molecule has 1 N–H and O–H groups in total. The average molecular weight is 340 g/mol. The molecule has 6 nitrogen and oxygen atoms in total. The molecule has 0 fully saturated rings. The first-order chi connectivity index (χ1) is 11.0. The molecule has 0 aromatic heterocycles. The van der Waals surface area contributed by atoms with Crippen molar-refractivity contribution in [3.63, 3.8) is 0 Å². The number of amides is 2. The Morgan fingerprint density at radius 1 is 1.21 bits per heavy atom. The van der Waals surface area contributed by atoms with E-state index < -0.39 is 17.8 Å². The largest absolute Gasteiger partial charge is 0.444 e. The van der Waals surface area contributed by atoms with Gasteiger partial charge in [-0.25, -0.2) is 9.59 Å². The van der Waals surface area contributed by atoms with Gasteiger partial charge in [-0.15, -0.1) is 0 Å². The first-order valence-electron chi connectivity index (χ1n) is 8.19. The van der Waals surface area contributed by atoms with Crippen LogP contribution in [0.3, 0.4) is 0 Å². The third-order valence-corrected chi connectivity index (χ3v) is 3.10. The third kappa shape index (κ3) is 9.22. The Bertz CT molecular complexity index is 462. The molecule has 0 saturated heterocycles. The predicted octanol–water partition coefficient (Wildman–Crippen LogP) is 4.08. The van der Waals surface area contributed by atoms with Crippen LogP contribution in [0.4, 0.5) is 9.59 Å². The normalized spacial score (nSPS) is 12.1. The zero-order valence-corrected chi connectivity index (χ0v) is 16.0. The molecule has 0 rings (SSSR count). The van der Waals surface area contributed by atoms with Gasteiger partial charge in [0, 0.05) is 12.6 Å². The summed E-state index contributed by atoms with van der Waals surface area (Å²) in [6, 6.07) is -0.153. The van der Waals surface area contributed by atoms with E-state index in [-0.39, 0.29) is 18.7 Å². The van der Waals surface area contributed by atoms with Gasteiger partial charge >= 0.3 is 12.2 Å². The van der Waals surface area contributed by atoms with Crippen LogP contribution in [0.25, 0.3) is 0 Å². The molecule has 0 bridgehead atoms. The number of rotatable bonds is 7. The molecule has 6 heteroatoms. The maximum absolute atomic E-state index is 12.1. The minimum absolute atomic E-state index is 0.153. The topological polar surface area (TPSA) is 67.9 Å². The van der Waals surface area contributed by atoms with Crippen molar-refractivity contribution >= 4 is 12.2 Å². The second kappa shape index (κ2) is 10.0. The van der Waals surface area contributed by atoms with Crippen molar-refractivity contribution < 1.29 is 19.1 Å². The third-order valence-electron chi connectivity index (χ3n) is 3.10. The van der Waals surface area contributed by atoms with Crippen LogP contribution in [0.15, 0.2) is 24.3 Å². The molecule has 0 unspecified atom stereocenters. The van der Waals surface area contributed by atoms with E-state index in [0.717, 1.165) is 5.57 Å². The maximum Gasteiger partial charge on any atom is 0.413 e. The monoisotopic (exact) mass is 340 g/mol. The van der Waals surface area contributed by atoms with Crippen LogP contribution in [-0.4, -0.2) is 42.0 Å². The van der Waals surface area contributed by atoms with Crippen LogP contribution < -0.4 is 5.32 Å². The van der Waals surface area contributed by atoms with E-state index >= 15 is 0 Å². The first-order valence-corrected chi connectivity index (χ1v) is 8.19. The Hall–Kier alpha value is -1.98. The smallest absolute Gasteiger partial charge is 0.413 e. The summed E-state index contributed by atoms with van der Waals surface area (Å²) in [6.07, 6.45) is 2.46. The summed E-state index contributed by atoms with van der Waals surface area (Å²) in [5.41, 5.74) is 0.434. The molecule has 0 heterocycles. The molecule has 0 aromatic carbocycles. The lowest BCUT2D eigenvalue weighted by molar-refractivity contribution is -0.00645. The van der Waals surface area contributed by atoms with Gasteiger partial charge in [-0.1, -0.05) is 32.6 Å². The van der Waals surface area contributed by atoms with Crippen molar-refractivity contribution in [2.24, 2.45) is 5.92 Å². The van der Waals surface area contributed by atoms with E-state index in [1.165, 1.54) is 4.90 Å². The number of carbonyl (C=O) groups excluding carboxylic acids is 2. The van der Waals surface area contributed by atoms with Gasteiger partial charge < -0.3 is 14.8 Å². The van der Waals surface area contributed by atoms with E-state index in [1.807, 2.05) is 33.8 Å². The first kappa shape index (κ1) is 22.0. The number of carbonyl (C=O) groups is 2. The lowest BCUT2D eigenvalue weighted by atomic mass is 10.0. The minimum Gasteiger partial charge on any atom is -0.444 e. The number of allylic oxidation sites excluding steroid dienone is 2. The Kier molecular flexibility index (Phi) is 9.18. The number of ether oxygens (including phenoxy) is 2. The van der Waals surface area contributed by atoms with Crippen molar-refractivity contribution in [3.05, 3.63) is 24.3 Å². The van der Waals surface area contributed by atoms with Gasteiger partial charge in [-0.2, -0.15) is 0 Å². The summed E-state index contributed by atoms with van der Waals surface area (Å²) in [7, 11) is 0. The quantitative estimate of drug-likeness (QED) is 0.560. The minimum atomic E-state index is -0.603. The number of nitrogens with zero attached hydrogens (tertiary/aromatic N) is 1. The second-order valence-corrected chi connectivity index (χ2v) is 7.09. The maximum atomic E-state index is 12.1. The van der Waals surface area contributed by atoms with Gasteiger partial charge in [-0.05, 0) is 46.1 Å². The summed E-state index contributed by atoms with van der Waals surface area (Å²) < 4.78 is 10.4. The molecule has 2 amide bonds. The highest BCUT2D eigenvalue weighted by molar-refractivity contribution is 5.70. The number of hydrogen-bond donors (Lipinski definition) is 1. The molecular formula is C18H32N2O4. The van der Waals surface area contributed by atoms with Crippen LogP contribution in [0.1, 0.15) is 48.5 Å². The van der Waals surface area contributed by atoms with Crippen molar-refractivity contribution in [1.82, 2.24) is 10.2 Å². The molecule has 0 radical (unpaired) electrons. The van der Waals surface area contributed by atoms with E-state index in [4.69, 9.17) is 9.47 Å². The zero-order chi connectivity index (χ0) is 18.9. The Morgan fingerprint density at radius 2 is 1.79 bits per heavy atom. The molecule has 0 aliphatic heterocycles. The van der Waals surface area contributed by atoms with E-state index in [1.54, 1.807) is 26.8 Å². The number of alkyl carbamates (subject to hydrolysis) is 1. The van der Waals surface area contributed by atoms with Gasteiger partial charge in [0.1, 0.15) is 5.60 Å². The number of hydrogen-bond acceptors (Lipinski definition) is 4. The van der Waals surface area contributed by atoms with Crippen molar-refractivity contribution in [2.75, 3.05) is 13.3 Å². The fraction of sp³-hybridized carbons (Fsp3) is 0.667. The second-order valence-electron chi connectivity index (χ2n) is 7.09. The molecular weight excluding hydrogens is 308 g/mol. The molecule has 0 aliphatic carbocycles. The number of nitrogens with one attached hydrogen (secondary N) is 1. The summed E-state index contributed by atoms with van der Waals surface area (Å²) in [4.78, 5) is 25.3. The Labute approximate surface area is 145 Å². The summed E-state index contributed by atoms with van der Waals surface area (Å²) >= 11 is 0. The fourth-order valence-electron chi connectivity index (χ4n) is 1.69. The fourth-order valence-corrected chi connectivity index (χ4v) is 1.69. The standard InChI is InChI=1S/C18H32N2O4/c1-9-10-15(13(2)3)11-19-16(21)23-12-20(14(4)5)17(22)24-18(6,7)8/h9-10,13-14H,1,11-12H2,2-8H3,(H,19,21)/b15-10-. The van der Waals surface area contributed by atoms with Gasteiger partial charge in [0.05, 0.1) is 0 Å². The molecule has 138 valence electrons. The van der Waals surface area contributed by atoms with Crippen molar-refractivity contribution in [2.45, 2.75) is 60.1 Å². The van der Waals surface area contributed by atoms with E-state index in [2.05, 4.69) is 11.9 Å². The molecule has 0 aromatic rings. The van der Waals surface area contributed by atoms with Crippen molar-refractivity contribution in [1.29, 1.82) is 0 Å². The van der Waals surface area contributed by atoms with Crippen molar-refractivity contribution in [3.8, 4) is 0 Å². The van der Waals surface area contributed by atoms with Crippen LogP contribution in [0.2, 0.25) is 0 Å². The van der Waals surface area contributed by atoms with Gasteiger partial charge in [0.25, 0.3) is 0 Å². The van der Waals surface area contributed by atoms with Gasteiger partial charge in [0.2, 0.25) is 0 Å². The molecule has 0 spiro atoms. The average Bonchev–Trinajstić information content (AvgIpc) is 2.40. The molecule has 24 heavy (non-hydrogen) atoms. The SMILES string of the molecule is C=C/C=C(/CNC(=O)OCN(C(=O)OC(C)(C)C)C(C)C)C(C)C. The zero-order valence-electron chi connectivity index (χ0n) is 16.0. The highest BCUT2D eigenvalue weighted by Gasteiger charge is 2.25. The highest BCUT2D eigenvalue weighted by atomic mass is 16.6. The Morgan fingerprint density at radius 3 is 2.21 bits per heavy atom. The molecule has 0 atom stereocenters. The highest BCUT2D eigenvalue weighted by Crippen LogP contribution is 2.12. The summed E-state index contributed by atoms with van der Waals surface area (Å²) in [5.74, 6) is 0.289. The summed E-state index contributed by atoms with van der Waals surface area (Å²) in [6.45, 7) is 17.0. The van der Waals surface area contributed by atoms with Crippen LogP contribution in [-0.2, 0) is 9.47 Å². The van der Waals surface area contributed by atoms with Gasteiger partial charge in [0.15, 0.2) is 6.73 Å². The lowest BCUT2D eigenvalue weighted by Gasteiger charge is -2.29. The molecule has 0 aliphatic rings. The van der Waals surface area contributed by atoms with Crippen LogP contribution in [0, 0.1) is 5.92 Å². The lowest BCUT2D eigenvalue weighted by Crippen LogP contribution is -2.43. The van der Waals surface area contributed by atoms with Crippen LogP contribution >= 0.6 is 0 Å². The Balaban J connectivity index is 4.55. The van der Waals surface area contributed by atoms with E-state index in [9.17, 15) is 9.59 Å². The molecule has 0 saturated carbocycles.